The second kappa shape index (κ2) is 6.23. The zero-order valence-corrected chi connectivity index (χ0v) is 13.4. The Bertz CT molecular complexity index is 906. The maximum Gasteiger partial charge on any atom is 0.416 e. The van der Waals surface area contributed by atoms with E-state index in [4.69, 9.17) is 5.26 Å². The summed E-state index contributed by atoms with van der Waals surface area (Å²) in [6.07, 6.45) is -10.2. The summed E-state index contributed by atoms with van der Waals surface area (Å²) >= 11 is 0.523. The number of hydrogen-bond acceptors (Lipinski definition) is 4. The van der Waals surface area contributed by atoms with Gasteiger partial charge in [0.1, 0.15) is 15.2 Å². The number of benzene rings is 1. The summed E-state index contributed by atoms with van der Waals surface area (Å²) in [5.41, 5.74) is -4.19. The number of nitriles is 1. The molecule has 0 aliphatic heterocycles. The van der Waals surface area contributed by atoms with E-state index in [1.54, 1.807) is 10.8 Å². The van der Waals surface area contributed by atoms with Gasteiger partial charge in [0.05, 0.1) is 16.8 Å². The lowest BCUT2D eigenvalue weighted by molar-refractivity contribution is -0.143. The lowest BCUT2D eigenvalue weighted by Crippen LogP contribution is -2.15. The third-order valence-corrected chi connectivity index (χ3v) is 5.66. The molecule has 2 rings (SSSR count). The molecule has 0 saturated carbocycles. The van der Waals surface area contributed by atoms with E-state index in [1.807, 2.05) is 0 Å². The van der Waals surface area contributed by atoms with Gasteiger partial charge >= 0.3 is 12.4 Å². The maximum atomic E-state index is 12.8. The number of rotatable bonds is 3. The number of nitrogens with one attached hydrogen (secondary N) is 1. The fraction of sp³-hybridized carbons (Fsp3) is 0.154. The van der Waals surface area contributed by atoms with E-state index in [9.17, 15) is 34.8 Å². The van der Waals surface area contributed by atoms with Crippen LogP contribution in [-0.4, -0.2) is 8.42 Å². The average molecular weight is 400 g/mol. The Kier molecular flexibility index (Phi) is 4.75. The molecule has 0 spiro atoms. The summed E-state index contributed by atoms with van der Waals surface area (Å²) in [6, 6.07) is 4.24. The molecule has 0 bridgehead atoms. The van der Waals surface area contributed by atoms with Gasteiger partial charge in [-0.1, -0.05) is 0 Å². The minimum atomic E-state index is -5.10. The average Bonchev–Trinajstić information content (AvgIpc) is 2.94. The van der Waals surface area contributed by atoms with Gasteiger partial charge in [-0.25, -0.2) is 8.42 Å². The van der Waals surface area contributed by atoms with Crippen molar-refractivity contribution in [3.05, 3.63) is 46.3 Å². The molecule has 0 atom stereocenters. The van der Waals surface area contributed by atoms with Gasteiger partial charge in [-0.05, 0) is 30.3 Å². The molecule has 0 amide bonds. The summed E-state index contributed by atoms with van der Waals surface area (Å²) < 4.78 is 102. The van der Waals surface area contributed by atoms with Crippen LogP contribution in [-0.2, 0) is 22.4 Å². The predicted molar refractivity (Wildman–Crippen MR) is 76.3 cm³/mol. The van der Waals surface area contributed by atoms with Crippen LogP contribution in [0.5, 0.6) is 0 Å². The molecular weight excluding hydrogens is 394 g/mol. The third kappa shape index (κ3) is 4.43. The fourth-order valence-electron chi connectivity index (χ4n) is 1.74. The maximum absolute atomic E-state index is 12.8. The van der Waals surface area contributed by atoms with E-state index < -0.39 is 43.4 Å². The summed E-state index contributed by atoms with van der Waals surface area (Å²) in [7, 11) is -4.44. The molecule has 134 valence electrons. The highest BCUT2D eigenvalue weighted by atomic mass is 32.2. The van der Waals surface area contributed by atoms with Crippen LogP contribution in [0.15, 0.2) is 34.5 Å². The van der Waals surface area contributed by atoms with E-state index in [-0.39, 0.29) is 23.1 Å². The Morgan fingerprint density at radius 2 is 1.48 bits per heavy atom. The van der Waals surface area contributed by atoms with Gasteiger partial charge in [-0.15, -0.1) is 11.3 Å². The zero-order valence-electron chi connectivity index (χ0n) is 11.7. The second-order valence-corrected chi connectivity index (χ2v) is 7.62. The molecule has 0 unspecified atom stereocenters. The van der Waals surface area contributed by atoms with E-state index >= 15 is 0 Å². The molecule has 0 fully saturated rings. The van der Waals surface area contributed by atoms with Crippen molar-refractivity contribution in [2.75, 3.05) is 4.72 Å². The van der Waals surface area contributed by atoms with Crippen LogP contribution in [0.25, 0.3) is 0 Å². The van der Waals surface area contributed by atoms with Crippen LogP contribution >= 0.6 is 11.3 Å². The monoisotopic (exact) mass is 400 g/mol. The van der Waals surface area contributed by atoms with Crippen LogP contribution in [0.4, 0.5) is 32.0 Å². The quantitative estimate of drug-likeness (QED) is 0.774. The Morgan fingerprint density at radius 1 is 0.960 bits per heavy atom. The number of hydrogen-bond donors (Lipinski definition) is 1. The van der Waals surface area contributed by atoms with Crippen LogP contribution in [0, 0.1) is 11.3 Å². The molecule has 1 heterocycles. The molecule has 2 aromatic rings. The number of sulfonamides is 1. The van der Waals surface area contributed by atoms with Crippen molar-refractivity contribution >= 4 is 27.0 Å². The van der Waals surface area contributed by atoms with Crippen molar-refractivity contribution in [2.45, 2.75) is 16.6 Å². The lowest BCUT2D eigenvalue weighted by atomic mass is 10.1. The zero-order chi connectivity index (χ0) is 19.0. The van der Waals surface area contributed by atoms with Gasteiger partial charge in [-0.2, -0.15) is 31.6 Å². The molecule has 1 aromatic heterocycles. The number of thiophene rings is 1. The Labute approximate surface area is 141 Å². The van der Waals surface area contributed by atoms with Gasteiger partial charge < -0.3 is 0 Å². The fourth-order valence-corrected chi connectivity index (χ4v) is 3.89. The van der Waals surface area contributed by atoms with Gasteiger partial charge in [0.25, 0.3) is 10.0 Å². The second-order valence-electron chi connectivity index (χ2n) is 4.63. The normalized spacial score (nSPS) is 12.7. The van der Waals surface area contributed by atoms with Gasteiger partial charge in [-0.3, -0.25) is 4.72 Å². The topological polar surface area (TPSA) is 70.0 Å². The number of alkyl halides is 6. The molecule has 0 saturated heterocycles. The molecule has 1 N–H and O–H groups in total. The first-order chi connectivity index (χ1) is 11.3. The summed E-state index contributed by atoms with van der Waals surface area (Å²) in [6.45, 7) is 0. The van der Waals surface area contributed by atoms with E-state index in [1.165, 1.54) is 0 Å². The van der Waals surface area contributed by atoms with Crippen molar-refractivity contribution in [3.8, 4) is 6.07 Å². The van der Waals surface area contributed by atoms with Crippen molar-refractivity contribution in [3.63, 3.8) is 0 Å². The van der Waals surface area contributed by atoms with E-state index in [2.05, 4.69) is 0 Å². The lowest BCUT2D eigenvalue weighted by Gasteiger charge is -2.15. The van der Waals surface area contributed by atoms with Crippen molar-refractivity contribution in [1.82, 2.24) is 0 Å². The van der Waals surface area contributed by atoms with Gasteiger partial charge in [0, 0.05) is 0 Å². The standard InChI is InChI=1S/C13H6F6N2O2S2/c14-12(15,16)7-3-8(13(17,18)19)5-9(4-7)21-25(22,23)11-2-1-10(6-20)24-11/h1-5,21H. The van der Waals surface area contributed by atoms with Crippen LogP contribution in [0.1, 0.15) is 16.0 Å². The first kappa shape index (κ1) is 19.1. The Hall–Kier alpha value is -2.26. The molecule has 12 heteroatoms. The molecule has 4 nitrogen and oxygen atoms in total. The number of anilines is 1. The van der Waals surface area contributed by atoms with Crippen LogP contribution in [0.2, 0.25) is 0 Å². The molecule has 0 radical (unpaired) electrons. The SMILES string of the molecule is N#Cc1ccc(S(=O)(=O)Nc2cc(C(F)(F)F)cc(C(F)(F)F)c2)s1. The van der Waals surface area contributed by atoms with Crippen LogP contribution in [0.3, 0.4) is 0 Å². The van der Waals surface area contributed by atoms with Crippen molar-refractivity contribution in [2.24, 2.45) is 0 Å². The highest BCUT2D eigenvalue weighted by molar-refractivity contribution is 7.94. The number of nitrogens with zero attached hydrogens (tertiary/aromatic N) is 1. The number of halogens is 6. The molecule has 0 aliphatic carbocycles. The smallest absolute Gasteiger partial charge is 0.279 e. The van der Waals surface area contributed by atoms with Gasteiger partial charge in [0.15, 0.2) is 0 Å². The first-order valence-electron chi connectivity index (χ1n) is 6.15. The van der Waals surface area contributed by atoms with Crippen LogP contribution < -0.4 is 4.72 Å². The highest BCUT2D eigenvalue weighted by Gasteiger charge is 2.37. The highest BCUT2D eigenvalue weighted by Crippen LogP contribution is 2.38. The summed E-state index contributed by atoms with van der Waals surface area (Å²) in [4.78, 5) is 0.0143. The van der Waals surface area contributed by atoms with E-state index in [0.717, 1.165) is 12.1 Å². The largest absolute Gasteiger partial charge is 0.416 e. The van der Waals surface area contributed by atoms with E-state index in [0.29, 0.717) is 11.3 Å². The Balaban J connectivity index is 2.50. The van der Waals surface area contributed by atoms with Crippen molar-refractivity contribution in [1.29, 1.82) is 5.26 Å². The molecule has 0 aliphatic rings. The molecular formula is C13H6F6N2O2S2. The minimum absolute atomic E-state index is 0.0143. The third-order valence-electron chi connectivity index (χ3n) is 2.80. The summed E-state index contributed by atoms with van der Waals surface area (Å²) in [5.74, 6) is 0. The summed E-state index contributed by atoms with van der Waals surface area (Å²) in [5, 5.41) is 8.65. The van der Waals surface area contributed by atoms with Crippen molar-refractivity contribution < 1.29 is 34.8 Å². The first-order valence-corrected chi connectivity index (χ1v) is 8.45. The molecule has 25 heavy (non-hydrogen) atoms. The molecule has 1 aromatic carbocycles. The van der Waals surface area contributed by atoms with Gasteiger partial charge in [0.2, 0.25) is 0 Å². The Morgan fingerprint density at radius 3 is 1.88 bits per heavy atom. The minimum Gasteiger partial charge on any atom is -0.279 e. The predicted octanol–water partition coefficient (Wildman–Crippen LogP) is 4.46.